The van der Waals surface area contributed by atoms with Crippen molar-refractivity contribution in [2.45, 2.75) is 27.2 Å². The summed E-state index contributed by atoms with van der Waals surface area (Å²) in [6, 6.07) is 0. The van der Waals surface area contributed by atoms with Crippen molar-refractivity contribution in [2.24, 2.45) is 5.41 Å². The fourth-order valence-corrected chi connectivity index (χ4v) is 1.47. The Hall–Kier alpha value is -0.570. The molecule has 0 bridgehead atoms. The van der Waals surface area contributed by atoms with Crippen LogP contribution in [0.1, 0.15) is 26.5 Å². The third-order valence-electron chi connectivity index (χ3n) is 1.37. The number of nitrogens with two attached hydrogens (primary N) is 1. The molecule has 0 spiro atoms. The first-order valence-corrected chi connectivity index (χ1v) is 4.55. The van der Waals surface area contributed by atoms with E-state index >= 15 is 0 Å². The molecule has 0 fully saturated rings. The van der Waals surface area contributed by atoms with E-state index in [0.29, 0.717) is 0 Å². The van der Waals surface area contributed by atoms with Crippen molar-refractivity contribution in [2.75, 3.05) is 5.73 Å². The van der Waals surface area contributed by atoms with Gasteiger partial charge >= 0.3 is 0 Å². The van der Waals surface area contributed by atoms with Crippen LogP contribution >= 0.6 is 11.3 Å². The summed E-state index contributed by atoms with van der Waals surface area (Å²) in [4.78, 5) is 4.19. The van der Waals surface area contributed by atoms with Crippen LogP contribution in [0.2, 0.25) is 0 Å². The molecule has 0 aliphatic heterocycles. The number of rotatable bonds is 1. The van der Waals surface area contributed by atoms with Gasteiger partial charge in [-0.05, 0) is 11.8 Å². The van der Waals surface area contributed by atoms with Gasteiger partial charge in [0.15, 0.2) is 0 Å². The molecule has 3 heteroatoms. The SMILES string of the molecule is CC(C)(C)Cc1ncsc1N. The van der Waals surface area contributed by atoms with Crippen LogP contribution in [0.4, 0.5) is 5.00 Å². The van der Waals surface area contributed by atoms with Crippen LogP contribution in [0.3, 0.4) is 0 Å². The first-order chi connectivity index (χ1) is 4.99. The van der Waals surface area contributed by atoms with Gasteiger partial charge < -0.3 is 5.73 Å². The molecule has 0 unspecified atom stereocenters. The average molecular weight is 170 g/mol. The van der Waals surface area contributed by atoms with Gasteiger partial charge in [-0.3, -0.25) is 0 Å². The summed E-state index contributed by atoms with van der Waals surface area (Å²) in [5, 5.41) is 0.861. The molecule has 1 rings (SSSR count). The Labute approximate surface area is 71.5 Å². The molecule has 0 radical (unpaired) electrons. The van der Waals surface area contributed by atoms with Gasteiger partial charge in [-0.15, -0.1) is 11.3 Å². The molecule has 1 heterocycles. The highest BCUT2D eigenvalue weighted by Crippen LogP contribution is 2.25. The fourth-order valence-electron chi connectivity index (χ4n) is 0.913. The Morgan fingerprint density at radius 2 is 2.18 bits per heavy atom. The normalized spacial score (nSPS) is 11.9. The van der Waals surface area contributed by atoms with Crippen LogP contribution in [0.25, 0.3) is 0 Å². The lowest BCUT2D eigenvalue weighted by molar-refractivity contribution is 0.408. The Morgan fingerprint density at radius 1 is 1.55 bits per heavy atom. The number of anilines is 1. The molecule has 62 valence electrons. The third kappa shape index (κ3) is 2.50. The molecular formula is C8H14N2S. The first-order valence-electron chi connectivity index (χ1n) is 3.67. The molecule has 2 nitrogen and oxygen atoms in total. The van der Waals surface area contributed by atoms with Gasteiger partial charge in [0.2, 0.25) is 0 Å². The van der Waals surface area contributed by atoms with E-state index in [1.54, 1.807) is 5.51 Å². The summed E-state index contributed by atoms with van der Waals surface area (Å²) in [6.07, 6.45) is 0.961. The second-order valence-corrected chi connectivity index (χ2v) is 4.79. The van der Waals surface area contributed by atoms with Gasteiger partial charge in [-0.2, -0.15) is 0 Å². The summed E-state index contributed by atoms with van der Waals surface area (Å²) in [5.41, 5.74) is 8.83. The van der Waals surface area contributed by atoms with E-state index in [-0.39, 0.29) is 5.41 Å². The lowest BCUT2D eigenvalue weighted by atomic mass is 9.91. The molecule has 0 saturated heterocycles. The summed E-state index contributed by atoms with van der Waals surface area (Å²) < 4.78 is 0. The number of aromatic nitrogens is 1. The minimum Gasteiger partial charge on any atom is -0.389 e. The van der Waals surface area contributed by atoms with Gasteiger partial charge in [0.25, 0.3) is 0 Å². The highest BCUT2D eigenvalue weighted by Gasteiger charge is 2.14. The molecule has 0 aliphatic carbocycles. The van der Waals surface area contributed by atoms with Gasteiger partial charge in [-0.25, -0.2) is 4.98 Å². The van der Waals surface area contributed by atoms with Gasteiger partial charge in [0.05, 0.1) is 11.2 Å². The van der Waals surface area contributed by atoms with E-state index in [0.717, 1.165) is 17.1 Å². The van der Waals surface area contributed by atoms with E-state index in [1.807, 2.05) is 0 Å². The number of nitrogen functional groups attached to an aromatic ring is 1. The van der Waals surface area contributed by atoms with Crippen LogP contribution in [0.5, 0.6) is 0 Å². The summed E-state index contributed by atoms with van der Waals surface area (Å²) in [5.74, 6) is 0. The van der Waals surface area contributed by atoms with Gasteiger partial charge in [0.1, 0.15) is 5.00 Å². The molecule has 1 aromatic heterocycles. The van der Waals surface area contributed by atoms with Crippen LogP contribution in [-0.4, -0.2) is 4.98 Å². The zero-order valence-corrected chi connectivity index (χ0v) is 8.03. The Balaban J connectivity index is 2.72. The predicted octanol–water partition coefficient (Wildman–Crippen LogP) is 2.31. The van der Waals surface area contributed by atoms with E-state index in [2.05, 4.69) is 25.8 Å². The third-order valence-corrected chi connectivity index (χ3v) is 2.07. The van der Waals surface area contributed by atoms with Crippen molar-refractivity contribution in [3.63, 3.8) is 0 Å². The van der Waals surface area contributed by atoms with Crippen LogP contribution in [0.15, 0.2) is 5.51 Å². The van der Waals surface area contributed by atoms with Crippen molar-refractivity contribution in [3.05, 3.63) is 11.2 Å². The van der Waals surface area contributed by atoms with Crippen molar-refractivity contribution >= 4 is 16.3 Å². The molecule has 2 N–H and O–H groups in total. The number of hydrogen-bond donors (Lipinski definition) is 1. The highest BCUT2D eigenvalue weighted by molar-refractivity contribution is 7.13. The van der Waals surface area contributed by atoms with Crippen molar-refractivity contribution in [3.8, 4) is 0 Å². The Kier molecular flexibility index (Phi) is 2.18. The van der Waals surface area contributed by atoms with E-state index < -0.39 is 0 Å². The van der Waals surface area contributed by atoms with E-state index in [1.165, 1.54) is 11.3 Å². The molecule has 11 heavy (non-hydrogen) atoms. The summed E-state index contributed by atoms with van der Waals surface area (Å²) >= 11 is 1.51. The zero-order chi connectivity index (χ0) is 8.48. The molecule has 1 aromatic rings. The maximum Gasteiger partial charge on any atom is 0.109 e. The molecule has 0 saturated carbocycles. The number of thiazole rings is 1. The minimum absolute atomic E-state index is 0.280. The van der Waals surface area contributed by atoms with Crippen molar-refractivity contribution in [1.82, 2.24) is 4.98 Å². The van der Waals surface area contributed by atoms with Crippen LogP contribution in [0, 0.1) is 5.41 Å². The van der Waals surface area contributed by atoms with Gasteiger partial charge in [0, 0.05) is 0 Å². The fraction of sp³-hybridized carbons (Fsp3) is 0.625. The second kappa shape index (κ2) is 2.81. The second-order valence-electron chi connectivity index (χ2n) is 3.90. The number of nitrogens with zero attached hydrogens (tertiary/aromatic N) is 1. The molecule has 0 aliphatic rings. The topological polar surface area (TPSA) is 38.9 Å². The lowest BCUT2D eigenvalue weighted by Crippen LogP contribution is -2.10. The van der Waals surface area contributed by atoms with Gasteiger partial charge in [-0.1, -0.05) is 20.8 Å². The zero-order valence-electron chi connectivity index (χ0n) is 7.22. The molecule has 0 aromatic carbocycles. The van der Waals surface area contributed by atoms with Crippen LogP contribution < -0.4 is 5.73 Å². The van der Waals surface area contributed by atoms with E-state index in [4.69, 9.17) is 5.73 Å². The summed E-state index contributed by atoms with van der Waals surface area (Å²) in [6.45, 7) is 6.56. The Bertz CT molecular complexity index is 234. The smallest absolute Gasteiger partial charge is 0.109 e. The molecular weight excluding hydrogens is 156 g/mol. The number of hydrogen-bond acceptors (Lipinski definition) is 3. The maximum atomic E-state index is 5.70. The average Bonchev–Trinajstić information content (AvgIpc) is 2.12. The maximum absolute atomic E-state index is 5.70. The monoisotopic (exact) mass is 170 g/mol. The standard InChI is InChI=1S/C8H14N2S/c1-8(2,3)4-6-7(9)11-5-10-6/h5H,4,9H2,1-3H3. The molecule has 0 atom stereocenters. The highest BCUT2D eigenvalue weighted by atomic mass is 32.1. The summed E-state index contributed by atoms with van der Waals surface area (Å²) in [7, 11) is 0. The van der Waals surface area contributed by atoms with E-state index in [9.17, 15) is 0 Å². The predicted molar refractivity (Wildman–Crippen MR) is 49.7 cm³/mol. The first kappa shape index (κ1) is 8.53. The minimum atomic E-state index is 0.280. The Morgan fingerprint density at radius 3 is 2.55 bits per heavy atom. The van der Waals surface area contributed by atoms with Crippen molar-refractivity contribution in [1.29, 1.82) is 0 Å². The lowest BCUT2D eigenvalue weighted by Gasteiger charge is -2.16. The largest absolute Gasteiger partial charge is 0.389 e. The quantitative estimate of drug-likeness (QED) is 0.702. The van der Waals surface area contributed by atoms with Crippen molar-refractivity contribution < 1.29 is 0 Å². The van der Waals surface area contributed by atoms with Crippen LogP contribution in [-0.2, 0) is 6.42 Å². The molecule has 0 amide bonds.